The molecule has 2 unspecified atom stereocenters. The number of aromatic nitrogens is 2. The van der Waals surface area contributed by atoms with Gasteiger partial charge in [-0.05, 0) is 18.8 Å². The summed E-state index contributed by atoms with van der Waals surface area (Å²) in [6, 6.07) is 0. The summed E-state index contributed by atoms with van der Waals surface area (Å²) in [6.07, 6.45) is 1.47. The van der Waals surface area contributed by atoms with Gasteiger partial charge in [0, 0.05) is 12.5 Å². The highest BCUT2D eigenvalue weighted by molar-refractivity contribution is 7.91. The summed E-state index contributed by atoms with van der Waals surface area (Å²) in [4.78, 5) is 4.36. The molecule has 2 heterocycles. The van der Waals surface area contributed by atoms with Crippen LogP contribution in [0.25, 0.3) is 0 Å². The van der Waals surface area contributed by atoms with Gasteiger partial charge in [0.25, 0.3) is 0 Å². The van der Waals surface area contributed by atoms with Crippen molar-refractivity contribution < 1.29 is 12.9 Å². The number of hydrogen-bond donors (Lipinski definition) is 1. The molecule has 0 bridgehead atoms. The van der Waals surface area contributed by atoms with Gasteiger partial charge in [0.1, 0.15) is 0 Å². The van der Waals surface area contributed by atoms with E-state index in [-0.39, 0.29) is 23.3 Å². The Hall–Kier alpha value is -0.950. The first-order valence-electron chi connectivity index (χ1n) is 6.65. The summed E-state index contributed by atoms with van der Waals surface area (Å²) in [6.45, 7) is 4.69. The summed E-state index contributed by atoms with van der Waals surface area (Å²) < 4.78 is 28.2. The number of sulfone groups is 1. The Labute approximate surface area is 113 Å². The van der Waals surface area contributed by atoms with Gasteiger partial charge in [-0.2, -0.15) is 4.98 Å². The highest BCUT2D eigenvalue weighted by Gasteiger charge is 2.33. The molecule has 1 aliphatic heterocycles. The van der Waals surface area contributed by atoms with E-state index in [1.807, 2.05) is 0 Å². The van der Waals surface area contributed by atoms with Crippen LogP contribution in [0.3, 0.4) is 0 Å². The SMILES string of the molecule is CC(C)CC(CN)c1nc(C2CCS(=O)(=O)C2)no1. The Balaban J connectivity index is 2.10. The zero-order valence-corrected chi connectivity index (χ0v) is 12.2. The lowest BCUT2D eigenvalue weighted by Crippen LogP contribution is -2.15. The van der Waals surface area contributed by atoms with E-state index in [0.29, 0.717) is 30.6 Å². The molecule has 1 saturated heterocycles. The van der Waals surface area contributed by atoms with Gasteiger partial charge in [0.05, 0.1) is 17.4 Å². The third kappa shape index (κ3) is 3.54. The molecule has 2 rings (SSSR count). The average Bonchev–Trinajstić information content (AvgIpc) is 2.92. The Morgan fingerprint density at radius 1 is 1.47 bits per heavy atom. The van der Waals surface area contributed by atoms with Gasteiger partial charge >= 0.3 is 0 Å². The molecule has 1 aliphatic rings. The molecule has 19 heavy (non-hydrogen) atoms. The number of nitrogens with two attached hydrogens (primary N) is 1. The number of nitrogens with zero attached hydrogens (tertiary/aromatic N) is 2. The minimum Gasteiger partial charge on any atom is -0.339 e. The maximum Gasteiger partial charge on any atom is 0.231 e. The van der Waals surface area contributed by atoms with Gasteiger partial charge in [-0.3, -0.25) is 0 Å². The van der Waals surface area contributed by atoms with Gasteiger partial charge in [-0.1, -0.05) is 19.0 Å². The van der Waals surface area contributed by atoms with Crippen molar-refractivity contribution in [2.45, 2.75) is 38.5 Å². The summed E-state index contributed by atoms with van der Waals surface area (Å²) >= 11 is 0. The standard InChI is InChI=1S/C12H21N3O3S/c1-8(2)5-10(6-13)12-14-11(15-18-12)9-3-4-19(16,17)7-9/h8-10H,3-7,13H2,1-2H3. The molecular formula is C12H21N3O3S. The second kappa shape index (κ2) is 5.58. The predicted octanol–water partition coefficient (Wildman–Crippen LogP) is 1.06. The third-order valence-corrected chi connectivity index (χ3v) is 5.21. The molecule has 1 aromatic rings. The Kier molecular flexibility index (Phi) is 4.25. The maximum atomic E-state index is 11.5. The van der Waals surface area contributed by atoms with E-state index in [4.69, 9.17) is 10.3 Å². The molecular weight excluding hydrogens is 266 g/mol. The van der Waals surface area contributed by atoms with Gasteiger partial charge < -0.3 is 10.3 Å². The molecule has 0 radical (unpaired) electrons. The molecule has 7 heteroatoms. The Bertz CT molecular complexity index is 524. The molecule has 2 atom stereocenters. The van der Waals surface area contributed by atoms with Crippen LogP contribution in [0.4, 0.5) is 0 Å². The Morgan fingerprint density at radius 2 is 2.21 bits per heavy atom. The molecule has 0 amide bonds. The van der Waals surface area contributed by atoms with Crippen molar-refractivity contribution in [1.29, 1.82) is 0 Å². The topological polar surface area (TPSA) is 99.1 Å². The molecule has 0 saturated carbocycles. The van der Waals surface area contributed by atoms with E-state index in [0.717, 1.165) is 6.42 Å². The minimum atomic E-state index is -2.93. The average molecular weight is 287 g/mol. The molecule has 6 nitrogen and oxygen atoms in total. The lowest BCUT2D eigenvalue weighted by Gasteiger charge is -2.12. The second-order valence-electron chi connectivity index (χ2n) is 5.65. The zero-order valence-electron chi connectivity index (χ0n) is 11.4. The van der Waals surface area contributed by atoms with Crippen LogP contribution in [0, 0.1) is 5.92 Å². The monoisotopic (exact) mass is 287 g/mol. The lowest BCUT2D eigenvalue weighted by atomic mass is 9.97. The summed E-state index contributed by atoms with van der Waals surface area (Å²) in [5.74, 6) is 1.82. The fourth-order valence-electron chi connectivity index (χ4n) is 2.44. The van der Waals surface area contributed by atoms with Crippen LogP contribution in [0.5, 0.6) is 0 Å². The van der Waals surface area contributed by atoms with Crippen molar-refractivity contribution in [2.24, 2.45) is 11.7 Å². The lowest BCUT2D eigenvalue weighted by molar-refractivity contribution is 0.330. The fourth-order valence-corrected chi connectivity index (χ4v) is 4.18. The molecule has 0 spiro atoms. The smallest absolute Gasteiger partial charge is 0.231 e. The van der Waals surface area contributed by atoms with Crippen LogP contribution < -0.4 is 5.73 Å². The van der Waals surface area contributed by atoms with Crippen LogP contribution in [0.2, 0.25) is 0 Å². The van der Waals surface area contributed by atoms with Gasteiger partial charge in [-0.25, -0.2) is 8.42 Å². The maximum absolute atomic E-state index is 11.5. The van der Waals surface area contributed by atoms with Crippen LogP contribution in [-0.2, 0) is 9.84 Å². The predicted molar refractivity (Wildman–Crippen MR) is 71.6 cm³/mol. The highest BCUT2D eigenvalue weighted by Crippen LogP contribution is 2.29. The van der Waals surface area contributed by atoms with Crippen molar-refractivity contribution in [3.05, 3.63) is 11.7 Å². The first kappa shape index (κ1) is 14.5. The van der Waals surface area contributed by atoms with Crippen molar-refractivity contribution >= 4 is 9.84 Å². The van der Waals surface area contributed by atoms with Crippen molar-refractivity contribution in [1.82, 2.24) is 10.1 Å². The number of rotatable bonds is 5. The van der Waals surface area contributed by atoms with Crippen LogP contribution in [0.1, 0.15) is 50.2 Å². The third-order valence-electron chi connectivity index (χ3n) is 3.44. The first-order chi connectivity index (χ1) is 8.91. The highest BCUT2D eigenvalue weighted by atomic mass is 32.2. The molecule has 1 fully saturated rings. The summed E-state index contributed by atoms with van der Waals surface area (Å²) in [5.41, 5.74) is 5.74. The minimum absolute atomic E-state index is 0.0549. The van der Waals surface area contributed by atoms with Crippen LogP contribution in [-0.4, -0.2) is 36.6 Å². The molecule has 1 aromatic heterocycles. The molecule has 0 aliphatic carbocycles. The molecule has 0 aromatic carbocycles. The van der Waals surface area contributed by atoms with Gasteiger partial charge in [0.15, 0.2) is 15.7 Å². The summed E-state index contributed by atoms with van der Waals surface area (Å²) in [5, 5.41) is 3.93. The summed E-state index contributed by atoms with van der Waals surface area (Å²) in [7, 11) is -2.93. The quantitative estimate of drug-likeness (QED) is 0.869. The molecule has 108 valence electrons. The Morgan fingerprint density at radius 3 is 2.74 bits per heavy atom. The van der Waals surface area contributed by atoms with Crippen molar-refractivity contribution in [3.8, 4) is 0 Å². The van der Waals surface area contributed by atoms with E-state index in [1.165, 1.54) is 0 Å². The van der Waals surface area contributed by atoms with E-state index in [2.05, 4.69) is 24.0 Å². The van der Waals surface area contributed by atoms with E-state index >= 15 is 0 Å². The van der Waals surface area contributed by atoms with Crippen LogP contribution in [0.15, 0.2) is 4.52 Å². The van der Waals surface area contributed by atoms with Crippen molar-refractivity contribution in [2.75, 3.05) is 18.1 Å². The molecule has 2 N–H and O–H groups in total. The fraction of sp³-hybridized carbons (Fsp3) is 0.833. The van der Waals surface area contributed by atoms with Gasteiger partial charge in [0.2, 0.25) is 5.89 Å². The van der Waals surface area contributed by atoms with Crippen LogP contribution >= 0.6 is 0 Å². The van der Waals surface area contributed by atoms with Gasteiger partial charge in [-0.15, -0.1) is 0 Å². The number of hydrogen-bond acceptors (Lipinski definition) is 6. The first-order valence-corrected chi connectivity index (χ1v) is 8.47. The normalized spacial score (nSPS) is 23.9. The zero-order chi connectivity index (χ0) is 14.0. The van der Waals surface area contributed by atoms with E-state index in [1.54, 1.807) is 0 Å². The van der Waals surface area contributed by atoms with E-state index < -0.39 is 9.84 Å². The second-order valence-corrected chi connectivity index (χ2v) is 7.88. The van der Waals surface area contributed by atoms with E-state index in [9.17, 15) is 8.42 Å². The van der Waals surface area contributed by atoms with Crippen molar-refractivity contribution in [3.63, 3.8) is 0 Å². The largest absolute Gasteiger partial charge is 0.339 e.